The molecule has 2 nitrogen and oxygen atoms in total. The summed E-state index contributed by atoms with van der Waals surface area (Å²) in [5.74, 6) is -0.338. The molecular formula is C15H19F3O2S. The van der Waals surface area contributed by atoms with E-state index in [9.17, 15) is 18.0 Å². The fraction of sp³-hybridized carbons (Fsp3) is 0.667. The van der Waals surface area contributed by atoms with Crippen LogP contribution in [0.2, 0.25) is 0 Å². The molecule has 0 aromatic carbocycles. The predicted molar refractivity (Wildman–Crippen MR) is 75.3 cm³/mol. The molecule has 21 heavy (non-hydrogen) atoms. The number of alkyl halides is 3. The first kappa shape index (κ1) is 16.3. The van der Waals surface area contributed by atoms with E-state index in [2.05, 4.69) is 0 Å². The van der Waals surface area contributed by atoms with E-state index in [4.69, 9.17) is 4.74 Å². The molecule has 0 aliphatic heterocycles. The Balaban J connectivity index is 2.08. The van der Waals surface area contributed by atoms with Crippen molar-refractivity contribution in [1.82, 2.24) is 0 Å². The number of hydrogen-bond acceptors (Lipinski definition) is 3. The molecule has 1 aliphatic carbocycles. The molecule has 0 saturated heterocycles. The number of carbonyl (C=O) groups excluding carboxylic acids is 1. The maximum Gasteiger partial charge on any atom is 0.417 e. The zero-order chi connectivity index (χ0) is 15.7. The van der Waals surface area contributed by atoms with Crippen molar-refractivity contribution in [3.8, 4) is 0 Å². The van der Waals surface area contributed by atoms with Gasteiger partial charge in [-0.3, -0.25) is 4.79 Å². The minimum Gasteiger partial charge on any atom is -0.466 e. The van der Waals surface area contributed by atoms with Gasteiger partial charge in [-0.15, -0.1) is 11.3 Å². The fourth-order valence-corrected chi connectivity index (χ4v) is 3.99. The van der Waals surface area contributed by atoms with Crippen LogP contribution in [0.4, 0.5) is 13.2 Å². The van der Waals surface area contributed by atoms with Gasteiger partial charge in [-0.25, -0.2) is 0 Å². The summed E-state index contributed by atoms with van der Waals surface area (Å²) in [4.78, 5) is 12.4. The predicted octanol–water partition coefficient (Wildman–Crippen LogP) is 4.99. The van der Waals surface area contributed by atoms with Crippen molar-refractivity contribution < 1.29 is 22.7 Å². The third-order valence-electron chi connectivity index (χ3n) is 4.23. The summed E-state index contributed by atoms with van der Waals surface area (Å²) in [6.07, 6.45) is -1.95. The Morgan fingerprint density at radius 1 is 1.43 bits per heavy atom. The molecule has 1 aliphatic rings. The highest BCUT2D eigenvalue weighted by molar-refractivity contribution is 7.10. The van der Waals surface area contributed by atoms with Crippen LogP contribution in [0.25, 0.3) is 0 Å². The van der Waals surface area contributed by atoms with E-state index in [1.165, 1.54) is 16.7 Å². The number of rotatable bonds is 3. The van der Waals surface area contributed by atoms with Crippen molar-refractivity contribution in [3.05, 3.63) is 21.9 Å². The van der Waals surface area contributed by atoms with Gasteiger partial charge in [0, 0.05) is 4.88 Å². The molecular weight excluding hydrogens is 301 g/mol. The number of hydrogen-bond donors (Lipinski definition) is 0. The first-order valence-electron chi connectivity index (χ1n) is 7.10. The summed E-state index contributed by atoms with van der Waals surface area (Å²) < 4.78 is 43.9. The average molecular weight is 320 g/mol. The van der Waals surface area contributed by atoms with Crippen molar-refractivity contribution in [1.29, 1.82) is 0 Å². The lowest BCUT2D eigenvalue weighted by molar-refractivity contribution is -0.156. The molecule has 1 fully saturated rings. The molecule has 0 bridgehead atoms. The molecule has 6 heteroatoms. The summed E-state index contributed by atoms with van der Waals surface area (Å²) in [5, 5.41) is 1.50. The smallest absolute Gasteiger partial charge is 0.417 e. The number of carbonyl (C=O) groups is 1. The normalized spacial score (nSPS) is 26.6. The molecule has 1 aromatic rings. The van der Waals surface area contributed by atoms with Crippen molar-refractivity contribution in [2.45, 2.75) is 51.6 Å². The Morgan fingerprint density at radius 2 is 2.05 bits per heavy atom. The molecule has 118 valence electrons. The average Bonchev–Trinajstić information content (AvgIpc) is 2.89. The van der Waals surface area contributed by atoms with Crippen LogP contribution in [0.3, 0.4) is 0 Å². The molecule has 1 aromatic heterocycles. The van der Waals surface area contributed by atoms with Gasteiger partial charge in [0.05, 0.1) is 17.6 Å². The minimum absolute atomic E-state index is 0.107. The lowest BCUT2D eigenvalue weighted by Crippen LogP contribution is -2.34. The second-order valence-corrected chi connectivity index (χ2v) is 6.70. The second kappa shape index (κ2) is 5.99. The van der Waals surface area contributed by atoms with Crippen LogP contribution in [0.1, 0.15) is 55.9 Å². The molecule has 0 amide bonds. The summed E-state index contributed by atoms with van der Waals surface area (Å²) >= 11 is 1.17. The van der Waals surface area contributed by atoms with Crippen LogP contribution in [-0.4, -0.2) is 12.6 Å². The number of thiophene rings is 1. The van der Waals surface area contributed by atoms with Gasteiger partial charge in [0.1, 0.15) is 0 Å². The first-order chi connectivity index (χ1) is 9.78. The Kier molecular flexibility index (Phi) is 4.66. The Morgan fingerprint density at radius 3 is 2.57 bits per heavy atom. The highest BCUT2D eigenvalue weighted by Crippen LogP contribution is 2.48. The standard InChI is InChI=1S/C15H19F3O2S/c1-3-20-13(19)14(2)7-4-10(5-8-14)12-11(6-9-21-12)15(16,17)18/h6,9-10H,3-5,7-8H2,1-2H3. The van der Waals surface area contributed by atoms with Crippen molar-refractivity contribution in [2.24, 2.45) is 5.41 Å². The van der Waals surface area contributed by atoms with Crippen molar-refractivity contribution >= 4 is 17.3 Å². The van der Waals surface area contributed by atoms with Gasteiger partial charge in [0.2, 0.25) is 0 Å². The van der Waals surface area contributed by atoms with Gasteiger partial charge < -0.3 is 4.74 Å². The van der Waals surface area contributed by atoms with E-state index in [1.54, 1.807) is 6.92 Å². The monoisotopic (exact) mass is 320 g/mol. The van der Waals surface area contributed by atoms with E-state index >= 15 is 0 Å². The van der Waals surface area contributed by atoms with Crippen molar-refractivity contribution in [2.75, 3.05) is 6.61 Å². The maximum atomic E-state index is 12.9. The van der Waals surface area contributed by atoms with E-state index in [0.29, 0.717) is 37.2 Å². The van der Waals surface area contributed by atoms with E-state index < -0.39 is 17.2 Å². The van der Waals surface area contributed by atoms with Gasteiger partial charge in [0.15, 0.2) is 0 Å². The minimum atomic E-state index is -4.29. The Labute approximate surface area is 126 Å². The van der Waals surface area contributed by atoms with E-state index in [-0.39, 0.29) is 11.9 Å². The van der Waals surface area contributed by atoms with Crippen LogP contribution in [0, 0.1) is 5.41 Å². The van der Waals surface area contributed by atoms with Crippen LogP contribution >= 0.6 is 11.3 Å². The van der Waals surface area contributed by atoms with Crippen LogP contribution in [0.5, 0.6) is 0 Å². The molecule has 0 atom stereocenters. The third kappa shape index (κ3) is 3.42. The molecule has 0 N–H and O–H groups in total. The molecule has 0 radical (unpaired) electrons. The molecule has 1 heterocycles. The van der Waals surface area contributed by atoms with Gasteiger partial charge >= 0.3 is 12.1 Å². The number of halogens is 3. The summed E-state index contributed by atoms with van der Waals surface area (Å²) in [6.45, 7) is 3.94. The lowest BCUT2D eigenvalue weighted by atomic mass is 9.71. The highest BCUT2D eigenvalue weighted by atomic mass is 32.1. The zero-order valence-corrected chi connectivity index (χ0v) is 12.9. The largest absolute Gasteiger partial charge is 0.466 e. The Hall–Kier alpha value is -1.04. The van der Waals surface area contributed by atoms with Crippen LogP contribution in [-0.2, 0) is 15.7 Å². The summed E-state index contributed by atoms with van der Waals surface area (Å²) in [5.41, 5.74) is -1.07. The van der Waals surface area contributed by atoms with Gasteiger partial charge in [-0.1, -0.05) is 0 Å². The number of ether oxygens (including phenoxy) is 1. The van der Waals surface area contributed by atoms with Gasteiger partial charge in [-0.05, 0) is 56.9 Å². The topological polar surface area (TPSA) is 26.3 Å². The van der Waals surface area contributed by atoms with Gasteiger partial charge in [-0.2, -0.15) is 13.2 Å². The summed E-state index contributed by atoms with van der Waals surface area (Å²) in [7, 11) is 0. The molecule has 0 spiro atoms. The first-order valence-corrected chi connectivity index (χ1v) is 7.97. The van der Waals surface area contributed by atoms with Gasteiger partial charge in [0.25, 0.3) is 0 Å². The maximum absolute atomic E-state index is 12.9. The Bertz CT molecular complexity index is 499. The fourth-order valence-electron chi connectivity index (χ4n) is 2.90. The van der Waals surface area contributed by atoms with Crippen LogP contribution in [0.15, 0.2) is 11.4 Å². The SMILES string of the molecule is CCOC(=O)C1(C)CCC(c2sccc2C(F)(F)F)CC1. The number of esters is 1. The molecule has 1 saturated carbocycles. The third-order valence-corrected chi connectivity index (χ3v) is 5.31. The van der Waals surface area contributed by atoms with Crippen LogP contribution < -0.4 is 0 Å². The molecule has 2 rings (SSSR count). The molecule has 0 unspecified atom stereocenters. The quantitative estimate of drug-likeness (QED) is 0.733. The lowest BCUT2D eigenvalue weighted by Gasteiger charge is -2.35. The van der Waals surface area contributed by atoms with E-state index in [0.717, 1.165) is 6.07 Å². The second-order valence-electron chi connectivity index (χ2n) is 5.75. The van der Waals surface area contributed by atoms with E-state index in [1.807, 2.05) is 6.92 Å². The summed E-state index contributed by atoms with van der Waals surface area (Å²) in [6, 6.07) is 1.15. The zero-order valence-electron chi connectivity index (χ0n) is 12.1. The highest BCUT2D eigenvalue weighted by Gasteiger charge is 2.42. The van der Waals surface area contributed by atoms with Crippen molar-refractivity contribution in [3.63, 3.8) is 0 Å².